The maximum absolute atomic E-state index is 12.8. The zero-order valence-corrected chi connectivity index (χ0v) is 14.9. The van der Waals surface area contributed by atoms with E-state index in [1.54, 1.807) is 12.5 Å². The van der Waals surface area contributed by atoms with E-state index in [0.717, 1.165) is 10.6 Å². The fourth-order valence-corrected chi connectivity index (χ4v) is 3.11. The number of nitrogens with one attached hydrogen (secondary N) is 1. The number of aromatic nitrogens is 1. The molecule has 1 N–H and O–H groups in total. The van der Waals surface area contributed by atoms with E-state index in [2.05, 4.69) is 10.3 Å². The Bertz CT molecular complexity index is 881. The number of rotatable bonds is 7. The molecule has 0 saturated heterocycles. The molecule has 0 atom stereocenters. The second-order valence-electron chi connectivity index (χ2n) is 5.30. The highest BCUT2D eigenvalue weighted by atomic mass is 32.1. The molecule has 0 bridgehead atoms. The molecule has 0 fully saturated rings. The van der Waals surface area contributed by atoms with Crippen LogP contribution in [0, 0.1) is 5.82 Å². The summed E-state index contributed by atoms with van der Waals surface area (Å²) in [6.07, 6.45) is 0. The van der Waals surface area contributed by atoms with Crippen molar-refractivity contribution in [3.63, 3.8) is 0 Å². The van der Waals surface area contributed by atoms with Gasteiger partial charge < -0.3 is 14.8 Å². The fourth-order valence-electron chi connectivity index (χ4n) is 2.28. The van der Waals surface area contributed by atoms with Crippen LogP contribution in [0.1, 0.15) is 10.5 Å². The molecule has 5 nitrogen and oxygen atoms in total. The summed E-state index contributed by atoms with van der Waals surface area (Å²) in [5.41, 5.74) is 1.19. The van der Waals surface area contributed by atoms with Crippen molar-refractivity contribution in [3.8, 4) is 22.1 Å². The fraction of sp³-hybridized carbons (Fsp3) is 0.158. The molecule has 3 rings (SSSR count). The van der Waals surface area contributed by atoms with Gasteiger partial charge in [0.05, 0.1) is 19.2 Å². The van der Waals surface area contributed by atoms with Gasteiger partial charge in [0.15, 0.2) is 0 Å². The van der Waals surface area contributed by atoms with Gasteiger partial charge in [-0.3, -0.25) is 4.79 Å². The van der Waals surface area contributed by atoms with Crippen molar-refractivity contribution in [2.24, 2.45) is 0 Å². The zero-order valence-electron chi connectivity index (χ0n) is 14.1. The quantitative estimate of drug-likeness (QED) is 0.642. The summed E-state index contributed by atoms with van der Waals surface area (Å²) in [5.74, 6) is 0.666. The molecule has 26 heavy (non-hydrogen) atoms. The third kappa shape index (κ3) is 4.37. The summed E-state index contributed by atoms with van der Waals surface area (Å²) in [6, 6.07) is 13.2. The van der Waals surface area contributed by atoms with Gasteiger partial charge in [-0.25, -0.2) is 9.37 Å². The summed E-state index contributed by atoms with van der Waals surface area (Å²) in [5, 5.41) is 5.17. The van der Waals surface area contributed by atoms with Gasteiger partial charge >= 0.3 is 0 Å². The molecule has 2 aromatic carbocycles. The number of nitrogens with zero attached hydrogens (tertiary/aromatic N) is 1. The average molecular weight is 372 g/mol. The number of ether oxygens (including phenoxy) is 2. The van der Waals surface area contributed by atoms with Crippen LogP contribution in [0.4, 0.5) is 4.39 Å². The number of benzene rings is 2. The van der Waals surface area contributed by atoms with Crippen LogP contribution in [-0.4, -0.2) is 31.2 Å². The number of para-hydroxylation sites is 1. The topological polar surface area (TPSA) is 60.5 Å². The number of hydrogen-bond acceptors (Lipinski definition) is 5. The molecule has 0 saturated carbocycles. The van der Waals surface area contributed by atoms with Crippen LogP contribution in [0.25, 0.3) is 10.6 Å². The standard InChI is InChI=1S/C19H17FN2O3S/c1-24-17-5-3-2-4-15(17)19-22-16(12-26-19)18(23)21-10-11-25-14-8-6-13(20)7-9-14/h2-9,12H,10-11H2,1H3,(H,21,23). The van der Waals surface area contributed by atoms with Crippen molar-refractivity contribution < 1.29 is 18.7 Å². The van der Waals surface area contributed by atoms with Crippen molar-refractivity contribution in [1.29, 1.82) is 0 Å². The predicted molar refractivity (Wildman–Crippen MR) is 98.3 cm³/mol. The smallest absolute Gasteiger partial charge is 0.270 e. The van der Waals surface area contributed by atoms with E-state index in [4.69, 9.17) is 9.47 Å². The summed E-state index contributed by atoms with van der Waals surface area (Å²) in [7, 11) is 1.60. The van der Waals surface area contributed by atoms with Crippen LogP contribution in [0.15, 0.2) is 53.9 Å². The first-order valence-electron chi connectivity index (χ1n) is 7.93. The van der Waals surface area contributed by atoms with E-state index < -0.39 is 0 Å². The molecule has 3 aromatic rings. The lowest BCUT2D eigenvalue weighted by Gasteiger charge is -2.07. The maximum atomic E-state index is 12.8. The second kappa shape index (κ2) is 8.44. The van der Waals surface area contributed by atoms with Gasteiger partial charge in [0.1, 0.15) is 34.6 Å². The number of thiazole rings is 1. The molecule has 0 aliphatic heterocycles. The Labute approximate surface area is 154 Å². The Morgan fingerprint density at radius 2 is 1.96 bits per heavy atom. The number of amides is 1. The molecule has 0 radical (unpaired) electrons. The normalized spacial score (nSPS) is 10.4. The minimum absolute atomic E-state index is 0.273. The van der Waals surface area contributed by atoms with E-state index in [9.17, 15) is 9.18 Å². The first-order chi connectivity index (χ1) is 12.7. The van der Waals surface area contributed by atoms with Crippen molar-refractivity contribution in [2.75, 3.05) is 20.3 Å². The number of hydrogen-bond donors (Lipinski definition) is 1. The van der Waals surface area contributed by atoms with Crippen molar-refractivity contribution in [2.45, 2.75) is 0 Å². The molecular weight excluding hydrogens is 355 g/mol. The first-order valence-corrected chi connectivity index (χ1v) is 8.81. The molecule has 7 heteroatoms. The SMILES string of the molecule is COc1ccccc1-c1nc(C(=O)NCCOc2ccc(F)cc2)cs1. The first kappa shape index (κ1) is 17.9. The molecular formula is C19H17FN2O3S. The number of halogens is 1. The Hall–Kier alpha value is -2.93. The maximum Gasteiger partial charge on any atom is 0.270 e. The Morgan fingerprint density at radius 1 is 1.19 bits per heavy atom. The minimum Gasteiger partial charge on any atom is -0.496 e. The summed E-state index contributed by atoms with van der Waals surface area (Å²) in [6.45, 7) is 0.596. The molecule has 1 amide bonds. The molecule has 134 valence electrons. The average Bonchev–Trinajstić information content (AvgIpc) is 3.16. The third-order valence-electron chi connectivity index (χ3n) is 3.54. The third-order valence-corrected chi connectivity index (χ3v) is 4.42. The van der Waals surface area contributed by atoms with Crippen LogP contribution in [0.3, 0.4) is 0 Å². The van der Waals surface area contributed by atoms with Gasteiger partial charge in [0.2, 0.25) is 0 Å². The van der Waals surface area contributed by atoms with E-state index in [1.807, 2.05) is 24.3 Å². The van der Waals surface area contributed by atoms with Gasteiger partial charge in [-0.05, 0) is 36.4 Å². The monoisotopic (exact) mass is 372 g/mol. The highest BCUT2D eigenvalue weighted by molar-refractivity contribution is 7.13. The minimum atomic E-state index is -0.319. The van der Waals surface area contributed by atoms with Crippen LogP contribution in [0.2, 0.25) is 0 Å². The van der Waals surface area contributed by atoms with E-state index in [-0.39, 0.29) is 18.3 Å². The highest BCUT2D eigenvalue weighted by Crippen LogP contribution is 2.31. The lowest BCUT2D eigenvalue weighted by molar-refractivity contribution is 0.0943. The summed E-state index contributed by atoms with van der Waals surface area (Å²) < 4.78 is 23.6. The van der Waals surface area contributed by atoms with E-state index in [0.29, 0.717) is 23.7 Å². The molecule has 0 unspecified atom stereocenters. The summed E-state index contributed by atoms with van der Waals surface area (Å²) >= 11 is 1.38. The highest BCUT2D eigenvalue weighted by Gasteiger charge is 2.14. The number of carbonyl (C=O) groups is 1. The summed E-state index contributed by atoms with van der Waals surface area (Å²) in [4.78, 5) is 16.6. The molecule has 1 heterocycles. The lowest BCUT2D eigenvalue weighted by atomic mass is 10.2. The van der Waals surface area contributed by atoms with Crippen molar-refractivity contribution in [1.82, 2.24) is 10.3 Å². The van der Waals surface area contributed by atoms with Crippen molar-refractivity contribution >= 4 is 17.2 Å². The van der Waals surface area contributed by atoms with Crippen LogP contribution in [0.5, 0.6) is 11.5 Å². The number of methoxy groups -OCH3 is 1. The molecule has 0 spiro atoms. The lowest BCUT2D eigenvalue weighted by Crippen LogP contribution is -2.28. The Kier molecular flexibility index (Phi) is 5.80. The van der Waals surface area contributed by atoms with Gasteiger partial charge in [-0.1, -0.05) is 12.1 Å². The second-order valence-corrected chi connectivity index (χ2v) is 6.15. The van der Waals surface area contributed by atoms with Gasteiger partial charge in [0.25, 0.3) is 5.91 Å². The van der Waals surface area contributed by atoms with Gasteiger partial charge in [0, 0.05) is 5.38 Å². The Balaban J connectivity index is 1.54. The Morgan fingerprint density at radius 3 is 2.73 bits per heavy atom. The number of carbonyl (C=O) groups excluding carboxylic acids is 1. The zero-order chi connectivity index (χ0) is 18.4. The van der Waals surface area contributed by atoms with Crippen LogP contribution in [-0.2, 0) is 0 Å². The van der Waals surface area contributed by atoms with Crippen LogP contribution < -0.4 is 14.8 Å². The van der Waals surface area contributed by atoms with E-state index >= 15 is 0 Å². The van der Waals surface area contributed by atoms with Crippen LogP contribution >= 0.6 is 11.3 Å². The van der Waals surface area contributed by atoms with Gasteiger partial charge in [-0.2, -0.15) is 0 Å². The largest absolute Gasteiger partial charge is 0.496 e. The van der Waals surface area contributed by atoms with E-state index in [1.165, 1.54) is 35.6 Å². The predicted octanol–water partition coefficient (Wildman–Crippen LogP) is 3.77. The molecule has 0 aliphatic carbocycles. The molecule has 1 aromatic heterocycles. The van der Waals surface area contributed by atoms with Gasteiger partial charge in [-0.15, -0.1) is 11.3 Å². The molecule has 0 aliphatic rings. The van der Waals surface area contributed by atoms with Crippen molar-refractivity contribution in [3.05, 3.63) is 65.4 Å².